The van der Waals surface area contributed by atoms with Crippen LogP contribution in [-0.4, -0.2) is 34.5 Å². The quantitative estimate of drug-likeness (QED) is 0.197. The van der Waals surface area contributed by atoms with Gasteiger partial charge in [-0.3, -0.25) is 4.79 Å². The lowest BCUT2D eigenvalue weighted by atomic mass is 10.1. The van der Waals surface area contributed by atoms with Crippen LogP contribution >= 0.6 is 69.0 Å². The van der Waals surface area contributed by atoms with Gasteiger partial charge in [0.2, 0.25) is 11.4 Å². The van der Waals surface area contributed by atoms with Gasteiger partial charge >= 0.3 is 0 Å². The van der Waals surface area contributed by atoms with E-state index in [-0.39, 0.29) is 5.56 Å². The molecule has 0 atom stereocenters. The van der Waals surface area contributed by atoms with Crippen LogP contribution in [0.1, 0.15) is 20.8 Å². The zero-order chi connectivity index (χ0) is 29.8. The summed E-state index contributed by atoms with van der Waals surface area (Å²) < 4.78 is 5.16. The molecule has 1 N–H and O–H groups in total. The monoisotopic (exact) mass is 679 g/mol. The Balaban J connectivity index is 0.000000298. The van der Waals surface area contributed by atoms with Crippen LogP contribution in [0.15, 0.2) is 102 Å². The van der Waals surface area contributed by atoms with Crippen molar-refractivity contribution in [2.45, 2.75) is 20.8 Å². The number of nitrogens with zero attached hydrogens (tertiary/aromatic N) is 2. The van der Waals surface area contributed by atoms with Gasteiger partial charge in [0.05, 0.1) is 5.69 Å². The van der Waals surface area contributed by atoms with Gasteiger partial charge in [-0.15, -0.1) is 0 Å². The van der Waals surface area contributed by atoms with Gasteiger partial charge in [0, 0.05) is 23.4 Å². The lowest BCUT2D eigenvalue weighted by Gasteiger charge is -2.13. The molecule has 0 fully saturated rings. The van der Waals surface area contributed by atoms with Gasteiger partial charge in [0.1, 0.15) is 0 Å². The van der Waals surface area contributed by atoms with Crippen LogP contribution in [0.4, 0.5) is 0 Å². The van der Waals surface area contributed by atoms with Crippen LogP contribution in [0.5, 0.6) is 5.88 Å². The summed E-state index contributed by atoms with van der Waals surface area (Å²) in [6.07, 6.45) is 0. The standard InChI is InChI=1S/C11H8Cl2NOP.C11H9NO.C6H15N.Cl3P/c12-16(13)15-11-8-4-7-10(14-11)9-5-2-1-3-6-9;13-11-8-4-7-10(12-11)9-5-2-1-3-6-9;1-4-7(5-2)6-3;1-4(2)3/h1-8H;1-8H,(H,12,13);4-6H2,1-3H3;. The summed E-state index contributed by atoms with van der Waals surface area (Å²) in [6.45, 7) is 8.65. The highest BCUT2D eigenvalue weighted by Gasteiger charge is 2.05. The number of benzene rings is 2. The summed E-state index contributed by atoms with van der Waals surface area (Å²) in [4.78, 5) is 20.5. The number of hydrogen-bond acceptors (Lipinski definition) is 4. The molecule has 0 radical (unpaired) electrons. The summed E-state index contributed by atoms with van der Waals surface area (Å²) in [7, 11) is 0. The first kappa shape index (κ1) is 36.6. The number of H-pyrrole nitrogens is 1. The third-order valence-electron chi connectivity index (χ3n) is 5.15. The molecule has 2 aromatic heterocycles. The molecule has 0 amide bonds. The highest BCUT2D eigenvalue weighted by molar-refractivity contribution is 8.20. The lowest BCUT2D eigenvalue weighted by Crippen LogP contribution is -2.21. The van der Waals surface area contributed by atoms with Crippen molar-refractivity contribution in [3.05, 3.63) is 107 Å². The van der Waals surface area contributed by atoms with Crippen LogP contribution < -0.4 is 10.1 Å². The molecule has 0 saturated carbocycles. The second-order valence-electron chi connectivity index (χ2n) is 7.63. The molecule has 0 aliphatic heterocycles. The molecular formula is C28H32Cl5N3O2P2. The Labute approximate surface area is 263 Å². The van der Waals surface area contributed by atoms with E-state index in [2.05, 4.69) is 35.6 Å². The number of rotatable bonds is 7. The Morgan fingerprint density at radius 1 is 0.700 bits per heavy atom. The number of halogens is 5. The van der Waals surface area contributed by atoms with E-state index in [0.29, 0.717) is 5.88 Å². The fourth-order valence-corrected chi connectivity index (χ4v) is 3.88. The van der Waals surface area contributed by atoms with E-state index in [1.807, 2.05) is 78.9 Å². The Bertz CT molecular complexity index is 1240. The Morgan fingerprint density at radius 3 is 1.65 bits per heavy atom. The molecule has 2 aromatic carbocycles. The van der Waals surface area contributed by atoms with Crippen molar-refractivity contribution in [1.29, 1.82) is 0 Å². The van der Waals surface area contributed by atoms with Crippen molar-refractivity contribution >= 4 is 69.0 Å². The van der Waals surface area contributed by atoms with E-state index in [4.69, 9.17) is 60.7 Å². The first-order valence-electron chi connectivity index (χ1n) is 12.3. The molecule has 2 heterocycles. The lowest BCUT2D eigenvalue weighted by molar-refractivity contribution is 0.321. The van der Waals surface area contributed by atoms with Crippen LogP contribution in [0.3, 0.4) is 0 Å². The Kier molecular flexibility index (Phi) is 20.4. The van der Waals surface area contributed by atoms with Crippen molar-refractivity contribution < 1.29 is 4.52 Å². The van der Waals surface area contributed by atoms with Crippen molar-refractivity contribution in [3.63, 3.8) is 0 Å². The minimum absolute atomic E-state index is 0.0682. The second-order valence-corrected chi connectivity index (χ2v) is 15.6. The van der Waals surface area contributed by atoms with E-state index < -0.39 is 12.8 Å². The van der Waals surface area contributed by atoms with E-state index in [1.54, 1.807) is 12.1 Å². The summed E-state index contributed by atoms with van der Waals surface area (Å²) in [6, 6.07) is 30.2. The zero-order valence-electron chi connectivity index (χ0n) is 22.4. The molecule has 4 aromatic rings. The van der Waals surface area contributed by atoms with Crippen LogP contribution in [0.25, 0.3) is 22.5 Å². The Morgan fingerprint density at radius 2 is 1.20 bits per heavy atom. The molecule has 0 bridgehead atoms. The molecule has 12 heteroatoms. The summed E-state index contributed by atoms with van der Waals surface area (Å²) in [5, 5.41) is 0. The average Bonchev–Trinajstić information content (AvgIpc) is 2.95. The first-order valence-corrected chi connectivity index (χ1v) is 19.4. The smallest absolute Gasteiger partial charge is 0.285 e. The highest BCUT2D eigenvalue weighted by atomic mass is 36.0. The van der Waals surface area contributed by atoms with Crippen molar-refractivity contribution in [3.8, 4) is 28.4 Å². The third-order valence-corrected chi connectivity index (χ3v) is 5.89. The van der Waals surface area contributed by atoms with Gasteiger partial charge in [-0.25, -0.2) is 4.98 Å². The topological polar surface area (TPSA) is 58.2 Å². The van der Waals surface area contributed by atoms with Gasteiger partial charge in [-0.05, 0) is 59.8 Å². The molecule has 0 spiro atoms. The molecule has 5 nitrogen and oxygen atoms in total. The summed E-state index contributed by atoms with van der Waals surface area (Å²) >= 11 is 25.8. The van der Waals surface area contributed by atoms with Crippen LogP contribution in [0, 0.1) is 0 Å². The number of aromatic nitrogens is 2. The van der Waals surface area contributed by atoms with Crippen LogP contribution in [0.2, 0.25) is 0 Å². The SMILES string of the molecule is CCN(CC)CC.ClP(Cl)Cl.ClP(Cl)Oc1cccc(-c2ccccc2)n1.O=c1cccc(-c2ccccc2)[nH]1. The summed E-state index contributed by atoms with van der Waals surface area (Å²) in [5.74, 6) is -0.762. The normalized spacial score (nSPS) is 10.1. The zero-order valence-corrected chi connectivity index (χ0v) is 27.9. The maximum Gasteiger partial charge on any atom is 0.285 e. The molecule has 40 heavy (non-hydrogen) atoms. The molecular weight excluding hydrogens is 650 g/mol. The summed E-state index contributed by atoms with van der Waals surface area (Å²) in [5.41, 5.74) is 3.68. The highest BCUT2D eigenvalue weighted by Crippen LogP contribution is 2.51. The number of aromatic amines is 1. The van der Waals surface area contributed by atoms with Crippen molar-refractivity contribution in [1.82, 2.24) is 14.9 Å². The van der Waals surface area contributed by atoms with Crippen molar-refractivity contribution in [2.75, 3.05) is 19.6 Å². The van der Waals surface area contributed by atoms with Gasteiger partial charge in [0.25, 0.3) is 6.85 Å². The number of nitrogens with one attached hydrogen (secondary N) is 1. The maximum atomic E-state index is 11.0. The van der Waals surface area contributed by atoms with Crippen LogP contribution in [-0.2, 0) is 0 Å². The third kappa shape index (κ3) is 16.8. The second kappa shape index (κ2) is 22.2. The van der Waals surface area contributed by atoms with E-state index in [0.717, 1.165) is 22.5 Å². The van der Waals surface area contributed by atoms with Gasteiger partial charge < -0.3 is 14.4 Å². The fourth-order valence-electron chi connectivity index (χ4n) is 3.21. The minimum Gasteiger partial charge on any atom is -0.426 e. The molecule has 0 saturated heterocycles. The largest absolute Gasteiger partial charge is 0.426 e. The van der Waals surface area contributed by atoms with Gasteiger partial charge in [-0.2, -0.15) is 0 Å². The number of hydrogen-bond donors (Lipinski definition) is 1. The number of pyridine rings is 2. The van der Waals surface area contributed by atoms with Crippen molar-refractivity contribution in [2.24, 2.45) is 0 Å². The van der Waals surface area contributed by atoms with E-state index in [1.165, 1.54) is 25.7 Å². The fraction of sp³-hybridized carbons (Fsp3) is 0.214. The molecule has 0 aliphatic rings. The molecule has 0 aliphatic carbocycles. The van der Waals surface area contributed by atoms with E-state index in [9.17, 15) is 4.79 Å². The Hall–Kier alpha value is -1.39. The maximum absolute atomic E-state index is 11.0. The first-order chi connectivity index (χ1) is 19.2. The van der Waals surface area contributed by atoms with E-state index >= 15 is 0 Å². The minimum atomic E-state index is -1.48. The predicted molar refractivity (Wildman–Crippen MR) is 179 cm³/mol. The predicted octanol–water partition coefficient (Wildman–Crippen LogP) is 11.2. The molecule has 0 unspecified atom stereocenters. The molecule has 216 valence electrons. The van der Waals surface area contributed by atoms with Gasteiger partial charge in [0.15, 0.2) is 5.98 Å². The average molecular weight is 682 g/mol. The van der Waals surface area contributed by atoms with Gasteiger partial charge in [-0.1, -0.05) is 127 Å². The molecule has 4 rings (SSSR count).